The fourth-order valence-electron chi connectivity index (χ4n) is 1.87. The van der Waals surface area contributed by atoms with Crippen molar-refractivity contribution in [2.75, 3.05) is 0 Å². The van der Waals surface area contributed by atoms with Gasteiger partial charge < -0.3 is 0 Å². The zero-order valence-electron chi connectivity index (χ0n) is 11.8. The van der Waals surface area contributed by atoms with E-state index in [1.165, 1.54) is 0 Å². The second-order valence-electron chi connectivity index (χ2n) is 4.64. The molecule has 112 valence electrons. The molecule has 1 aromatic heterocycles. The van der Waals surface area contributed by atoms with Crippen LogP contribution in [0.2, 0.25) is 0 Å². The summed E-state index contributed by atoms with van der Waals surface area (Å²) < 4.78 is 26.0. The summed E-state index contributed by atoms with van der Waals surface area (Å²) >= 11 is 0.922. The number of benzene rings is 1. The number of hydrogen-bond acceptors (Lipinski definition) is 6. The molecule has 1 unspecified atom stereocenters. The summed E-state index contributed by atoms with van der Waals surface area (Å²) in [5.41, 5.74) is 1.72. The molecule has 8 heteroatoms. The zero-order valence-corrected chi connectivity index (χ0v) is 13.5. The largest absolute Gasteiger partial charge is 0.293 e. The molecule has 2 aromatic rings. The van der Waals surface area contributed by atoms with Gasteiger partial charge in [-0.3, -0.25) is 4.79 Å². The van der Waals surface area contributed by atoms with Crippen molar-refractivity contribution in [2.45, 2.75) is 31.0 Å². The van der Waals surface area contributed by atoms with Crippen LogP contribution >= 0.6 is 11.3 Å². The third kappa shape index (κ3) is 3.45. The molecule has 1 heterocycles. The molecule has 2 rings (SSSR count). The topological polar surface area (TPSA) is 89.0 Å². The van der Waals surface area contributed by atoms with Gasteiger partial charge in [0.25, 0.3) is 14.4 Å². The van der Waals surface area contributed by atoms with E-state index in [1.54, 1.807) is 19.9 Å². The predicted molar refractivity (Wildman–Crippen MR) is 79.6 cm³/mol. The van der Waals surface area contributed by atoms with E-state index in [2.05, 4.69) is 14.9 Å². The average molecular weight is 325 g/mol. The van der Waals surface area contributed by atoms with E-state index in [0.29, 0.717) is 5.01 Å². The van der Waals surface area contributed by atoms with Gasteiger partial charge in [-0.15, -0.1) is 10.2 Å². The minimum atomic E-state index is -3.96. The number of carbonyl (C=O) groups is 1. The molecule has 1 atom stereocenters. The number of sulfonamides is 1. The summed E-state index contributed by atoms with van der Waals surface area (Å²) in [7, 11) is -3.96. The van der Waals surface area contributed by atoms with E-state index in [0.717, 1.165) is 22.5 Å². The molecular formula is C13H15N3O3S2. The van der Waals surface area contributed by atoms with Crippen LogP contribution in [0.25, 0.3) is 0 Å². The molecule has 0 bridgehead atoms. The summed E-state index contributed by atoms with van der Waals surface area (Å²) in [5, 5.41) is 7.72. The van der Waals surface area contributed by atoms with Crippen LogP contribution < -0.4 is 4.72 Å². The first-order valence-corrected chi connectivity index (χ1v) is 8.53. The van der Waals surface area contributed by atoms with Crippen LogP contribution in [-0.4, -0.2) is 24.5 Å². The summed E-state index contributed by atoms with van der Waals surface area (Å²) in [4.78, 5) is 12.2. The first kappa shape index (κ1) is 15.6. The van der Waals surface area contributed by atoms with Gasteiger partial charge in [-0.25, -0.2) is 4.72 Å². The second-order valence-corrected chi connectivity index (χ2v) is 7.67. The molecular weight excluding hydrogens is 310 g/mol. The smallest absolute Gasteiger partial charge is 0.273 e. The Morgan fingerprint density at radius 3 is 2.48 bits per heavy atom. The number of hydrogen-bond donors (Lipinski definition) is 1. The van der Waals surface area contributed by atoms with Gasteiger partial charge >= 0.3 is 0 Å². The van der Waals surface area contributed by atoms with Crippen molar-refractivity contribution >= 4 is 27.3 Å². The van der Waals surface area contributed by atoms with Gasteiger partial charge in [0.2, 0.25) is 5.91 Å². The van der Waals surface area contributed by atoms with E-state index >= 15 is 0 Å². The van der Waals surface area contributed by atoms with Gasteiger partial charge in [-0.1, -0.05) is 35.6 Å². The average Bonchev–Trinajstić information content (AvgIpc) is 2.85. The van der Waals surface area contributed by atoms with Crippen LogP contribution in [0.3, 0.4) is 0 Å². The number of nitrogens with one attached hydrogen (secondary N) is 1. The first-order chi connectivity index (χ1) is 9.81. The van der Waals surface area contributed by atoms with Crippen LogP contribution in [0.5, 0.6) is 0 Å². The fourth-order valence-corrected chi connectivity index (χ4v) is 3.88. The number of rotatable bonds is 4. The zero-order chi connectivity index (χ0) is 15.6. The lowest BCUT2D eigenvalue weighted by Crippen LogP contribution is -2.34. The highest BCUT2D eigenvalue weighted by molar-refractivity contribution is 7.92. The third-order valence-electron chi connectivity index (χ3n) is 3.02. The summed E-state index contributed by atoms with van der Waals surface area (Å²) in [5.74, 6) is -1.16. The van der Waals surface area contributed by atoms with Crippen molar-refractivity contribution in [2.24, 2.45) is 0 Å². The van der Waals surface area contributed by atoms with Gasteiger partial charge in [0.1, 0.15) is 5.01 Å². The molecule has 0 fully saturated rings. The van der Waals surface area contributed by atoms with Crippen molar-refractivity contribution in [3.63, 3.8) is 0 Å². The predicted octanol–water partition coefficient (Wildman–Crippen LogP) is 1.76. The Hall–Kier alpha value is -1.80. The highest BCUT2D eigenvalue weighted by atomic mass is 32.2. The van der Waals surface area contributed by atoms with Gasteiger partial charge in [0.15, 0.2) is 0 Å². The monoisotopic (exact) mass is 325 g/mol. The highest BCUT2D eigenvalue weighted by Crippen LogP contribution is 2.21. The number of nitrogens with zero attached hydrogens (tertiary/aromatic N) is 2. The molecule has 1 N–H and O–H groups in total. The van der Waals surface area contributed by atoms with Gasteiger partial charge in [0.05, 0.1) is 5.92 Å². The molecule has 1 amide bonds. The SMILES string of the molecule is Cc1nnc(S(=O)(=O)NC(=O)C(C)c2ccccc2C)s1. The highest BCUT2D eigenvalue weighted by Gasteiger charge is 2.26. The van der Waals surface area contributed by atoms with Gasteiger partial charge in [-0.05, 0) is 31.9 Å². The molecule has 0 aliphatic rings. The molecule has 0 saturated carbocycles. The lowest BCUT2D eigenvalue weighted by atomic mass is 9.96. The lowest BCUT2D eigenvalue weighted by Gasteiger charge is -2.14. The fraction of sp³-hybridized carbons (Fsp3) is 0.308. The van der Waals surface area contributed by atoms with Crippen molar-refractivity contribution in [3.8, 4) is 0 Å². The Kier molecular flexibility index (Phi) is 4.38. The molecule has 1 aromatic carbocycles. The Balaban J connectivity index is 2.20. The number of amides is 1. The van der Waals surface area contributed by atoms with Crippen LogP contribution in [-0.2, 0) is 14.8 Å². The van der Waals surface area contributed by atoms with E-state index in [-0.39, 0.29) is 4.34 Å². The van der Waals surface area contributed by atoms with Crippen LogP contribution in [0.1, 0.15) is 29.0 Å². The lowest BCUT2D eigenvalue weighted by molar-refractivity contribution is -0.120. The maximum atomic E-state index is 12.2. The van der Waals surface area contributed by atoms with Gasteiger partial charge in [0, 0.05) is 0 Å². The minimum Gasteiger partial charge on any atom is -0.273 e. The first-order valence-electron chi connectivity index (χ1n) is 6.23. The van der Waals surface area contributed by atoms with Crippen molar-refractivity contribution in [1.29, 1.82) is 0 Å². The van der Waals surface area contributed by atoms with Crippen molar-refractivity contribution < 1.29 is 13.2 Å². The van der Waals surface area contributed by atoms with Gasteiger partial charge in [-0.2, -0.15) is 8.42 Å². The maximum absolute atomic E-state index is 12.2. The summed E-state index contributed by atoms with van der Waals surface area (Å²) in [6, 6.07) is 7.36. The normalized spacial score (nSPS) is 12.9. The molecule has 6 nitrogen and oxygen atoms in total. The van der Waals surface area contributed by atoms with Crippen molar-refractivity contribution in [1.82, 2.24) is 14.9 Å². The third-order valence-corrected chi connectivity index (χ3v) is 5.57. The van der Waals surface area contributed by atoms with Crippen LogP contribution in [0.4, 0.5) is 0 Å². The minimum absolute atomic E-state index is 0.203. The number of carbonyl (C=O) groups excluding carboxylic acids is 1. The van der Waals surface area contributed by atoms with E-state index in [4.69, 9.17) is 0 Å². The van der Waals surface area contributed by atoms with Crippen LogP contribution in [0, 0.1) is 13.8 Å². The number of aryl methyl sites for hydroxylation is 2. The Morgan fingerprint density at radius 2 is 1.90 bits per heavy atom. The second kappa shape index (κ2) is 5.90. The van der Waals surface area contributed by atoms with Crippen molar-refractivity contribution in [3.05, 3.63) is 40.4 Å². The molecule has 21 heavy (non-hydrogen) atoms. The molecule has 0 aliphatic carbocycles. The van der Waals surface area contributed by atoms with E-state index in [1.807, 2.05) is 25.1 Å². The Labute approximate surface area is 127 Å². The standard InChI is InChI=1S/C13H15N3O3S2/c1-8-6-4-5-7-11(8)9(2)12(17)16-21(18,19)13-15-14-10(3)20-13/h4-7,9H,1-3H3,(H,16,17). The Bertz CT molecular complexity index is 768. The number of aromatic nitrogens is 2. The quantitative estimate of drug-likeness (QED) is 0.925. The molecule has 0 aliphatic heterocycles. The molecule has 0 spiro atoms. The molecule has 0 saturated heterocycles. The van der Waals surface area contributed by atoms with E-state index in [9.17, 15) is 13.2 Å². The molecule has 0 radical (unpaired) electrons. The maximum Gasteiger partial charge on any atom is 0.293 e. The van der Waals surface area contributed by atoms with Crippen LogP contribution in [0.15, 0.2) is 28.6 Å². The summed E-state index contributed by atoms with van der Waals surface area (Å²) in [6.45, 7) is 5.19. The Morgan fingerprint density at radius 1 is 1.24 bits per heavy atom. The summed E-state index contributed by atoms with van der Waals surface area (Å²) in [6.07, 6.45) is 0. The van der Waals surface area contributed by atoms with E-state index < -0.39 is 21.8 Å².